The minimum Gasteiger partial charge on any atom is -0.450 e. The second kappa shape index (κ2) is 8.39. The fourth-order valence-corrected chi connectivity index (χ4v) is 2.95. The van der Waals surface area contributed by atoms with Crippen LogP contribution in [-0.4, -0.2) is 47.9 Å². The van der Waals surface area contributed by atoms with Gasteiger partial charge in [0.05, 0.1) is 18.3 Å². The molecular formula is C17H24F2N2O3. The van der Waals surface area contributed by atoms with Crippen molar-refractivity contribution in [3.8, 4) is 0 Å². The highest BCUT2D eigenvalue weighted by Gasteiger charge is 2.28. The molecule has 1 heterocycles. The quantitative estimate of drug-likeness (QED) is 0.863. The molecule has 1 aromatic carbocycles. The second-order valence-electron chi connectivity index (χ2n) is 6.00. The Balaban J connectivity index is 1.89. The third kappa shape index (κ3) is 4.42. The number of carbonyl (C=O) groups is 1. The van der Waals surface area contributed by atoms with E-state index in [1.807, 2.05) is 0 Å². The molecule has 2 atom stereocenters. The lowest BCUT2D eigenvalue weighted by molar-refractivity contribution is 0.0858. The normalized spacial score (nSPS) is 18.3. The predicted molar refractivity (Wildman–Crippen MR) is 85.5 cm³/mol. The van der Waals surface area contributed by atoms with Gasteiger partial charge in [0, 0.05) is 25.2 Å². The standard InChI is InChI=1S/C17H24F2N2O3/c1-3-24-17(23)21-9-7-12(8-10-21)20-11(2)16(22)15-13(18)5-4-6-14(15)19/h4-6,11-12,16,20,22H,3,7-10H2,1-2H3. The van der Waals surface area contributed by atoms with Gasteiger partial charge in [-0.05, 0) is 38.8 Å². The van der Waals surface area contributed by atoms with Crippen molar-refractivity contribution in [3.63, 3.8) is 0 Å². The largest absolute Gasteiger partial charge is 0.450 e. The maximum absolute atomic E-state index is 13.8. The molecule has 1 aliphatic heterocycles. The zero-order chi connectivity index (χ0) is 17.7. The van der Waals surface area contributed by atoms with E-state index in [1.165, 1.54) is 6.07 Å². The van der Waals surface area contributed by atoms with Gasteiger partial charge in [0.15, 0.2) is 0 Å². The van der Waals surface area contributed by atoms with Crippen LogP contribution in [0, 0.1) is 11.6 Å². The van der Waals surface area contributed by atoms with Gasteiger partial charge in [-0.2, -0.15) is 0 Å². The van der Waals surface area contributed by atoms with Crippen LogP contribution in [0.2, 0.25) is 0 Å². The molecule has 0 aromatic heterocycles. The van der Waals surface area contributed by atoms with Crippen molar-refractivity contribution < 1.29 is 23.4 Å². The number of benzene rings is 1. The van der Waals surface area contributed by atoms with E-state index in [1.54, 1.807) is 18.7 Å². The highest BCUT2D eigenvalue weighted by Crippen LogP contribution is 2.24. The maximum atomic E-state index is 13.8. The number of nitrogens with one attached hydrogen (secondary N) is 1. The molecule has 0 aliphatic carbocycles. The Kier molecular flexibility index (Phi) is 6.51. The van der Waals surface area contributed by atoms with Gasteiger partial charge in [-0.15, -0.1) is 0 Å². The van der Waals surface area contributed by atoms with Crippen molar-refractivity contribution in [1.82, 2.24) is 10.2 Å². The van der Waals surface area contributed by atoms with E-state index in [9.17, 15) is 18.7 Å². The SMILES string of the molecule is CCOC(=O)N1CCC(NC(C)C(O)c2c(F)cccc2F)CC1. The van der Waals surface area contributed by atoms with Crippen LogP contribution < -0.4 is 5.32 Å². The van der Waals surface area contributed by atoms with Crippen LogP contribution in [-0.2, 0) is 4.74 Å². The Labute approximate surface area is 140 Å². The molecule has 1 fully saturated rings. The van der Waals surface area contributed by atoms with Gasteiger partial charge in [-0.1, -0.05) is 6.07 Å². The fraction of sp³-hybridized carbons (Fsp3) is 0.588. The van der Waals surface area contributed by atoms with E-state index < -0.39 is 23.8 Å². The smallest absolute Gasteiger partial charge is 0.409 e. The topological polar surface area (TPSA) is 61.8 Å². The third-order valence-electron chi connectivity index (χ3n) is 4.29. The molecule has 2 unspecified atom stereocenters. The van der Waals surface area contributed by atoms with Crippen LogP contribution in [0.4, 0.5) is 13.6 Å². The Bertz CT molecular complexity index is 543. The first-order chi connectivity index (χ1) is 11.4. The number of ether oxygens (including phenoxy) is 1. The first-order valence-corrected chi connectivity index (χ1v) is 8.23. The Morgan fingerprint density at radius 2 is 1.96 bits per heavy atom. The van der Waals surface area contributed by atoms with E-state index in [-0.39, 0.29) is 17.7 Å². The summed E-state index contributed by atoms with van der Waals surface area (Å²) in [4.78, 5) is 13.3. The number of piperidine rings is 1. The number of carbonyl (C=O) groups excluding carboxylic acids is 1. The van der Waals surface area contributed by atoms with Gasteiger partial charge in [-0.25, -0.2) is 13.6 Å². The molecule has 5 nitrogen and oxygen atoms in total. The summed E-state index contributed by atoms with van der Waals surface area (Å²) in [5.41, 5.74) is -0.318. The Morgan fingerprint density at radius 3 is 2.50 bits per heavy atom. The van der Waals surface area contributed by atoms with Gasteiger partial charge in [0.2, 0.25) is 0 Å². The summed E-state index contributed by atoms with van der Waals surface area (Å²) >= 11 is 0. The fourth-order valence-electron chi connectivity index (χ4n) is 2.95. The predicted octanol–water partition coefficient (Wildman–Crippen LogP) is 2.60. The summed E-state index contributed by atoms with van der Waals surface area (Å²) in [5.74, 6) is -1.51. The van der Waals surface area contributed by atoms with Crippen LogP contribution in [0.15, 0.2) is 18.2 Å². The van der Waals surface area contributed by atoms with Gasteiger partial charge in [0.1, 0.15) is 11.6 Å². The summed E-state index contributed by atoms with van der Waals surface area (Å²) in [6.45, 7) is 4.89. The van der Waals surface area contributed by atoms with Gasteiger partial charge < -0.3 is 20.1 Å². The molecule has 0 saturated carbocycles. The summed E-state index contributed by atoms with van der Waals surface area (Å²) in [5, 5.41) is 13.5. The van der Waals surface area contributed by atoms with Crippen molar-refractivity contribution in [2.45, 2.75) is 44.9 Å². The van der Waals surface area contributed by atoms with E-state index in [4.69, 9.17) is 4.74 Å². The van der Waals surface area contributed by atoms with Gasteiger partial charge in [-0.3, -0.25) is 0 Å². The number of hydrogen-bond donors (Lipinski definition) is 2. The molecule has 0 radical (unpaired) electrons. The average molecular weight is 342 g/mol. The average Bonchev–Trinajstić information content (AvgIpc) is 2.55. The lowest BCUT2D eigenvalue weighted by atomic mass is 9.99. The molecule has 0 bridgehead atoms. The zero-order valence-electron chi connectivity index (χ0n) is 14.0. The molecule has 1 saturated heterocycles. The van der Waals surface area contributed by atoms with Crippen molar-refractivity contribution in [3.05, 3.63) is 35.4 Å². The summed E-state index contributed by atoms with van der Waals surface area (Å²) < 4.78 is 32.5. The van der Waals surface area contributed by atoms with E-state index >= 15 is 0 Å². The molecule has 134 valence electrons. The summed E-state index contributed by atoms with van der Waals surface area (Å²) in [6.07, 6.45) is -0.225. The van der Waals surface area contributed by atoms with Crippen LogP contribution in [0.3, 0.4) is 0 Å². The minimum atomic E-state index is -1.28. The molecule has 24 heavy (non-hydrogen) atoms. The second-order valence-corrected chi connectivity index (χ2v) is 6.00. The summed E-state index contributed by atoms with van der Waals surface area (Å²) in [6, 6.07) is 3.08. The van der Waals surface area contributed by atoms with Crippen LogP contribution in [0.5, 0.6) is 0 Å². The van der Waals surface area contributed by atoms with E-state index in [2.05, 4.69) is 5.32 Å². The minimum absolute atomic E-state index is 0.0650. The third-order valence-corrected chi connectivity index (χ3v) is 4.29. The molecule has 2 rings (SSSR count). The van der Waals surface area contributed by atoms with Crippen molar-refractivity contribution >= 4 is 6.09 Å². The van der Waals surface area contributed by atoms with Gasteiger partial charge in [0.25, 0.3) is 0 Å². The van der Waals surface area contributed by atoms with Gasteiger partial charge >= 0.3 is 6.09 Å². The number of halogens is 2. The first kappa shape index (κ1) is 18.6. The number of nitrogens with zero attached hydrogens (tertiary/aromatic N) is 1. The lowest BCUT2D eigenvalue weighted by Crippen LogP contribution is -2.48. The Morgan fingerprint density at radius 1 is 1.38 bits per heavy atom. The zero-order valence-corrected chi connectivity index (χ0v) is 14.0. The highest BCUT2D eigenvalue weighted by atomic mass is 19.1. The van der Waals surface area contributed by atoms with E-state index in [0.717, 1.165) is 12.1 Å². The van der Waals surface area contributed by atoms with Crippen molar-refractivity contribution in [2.75, 3.05) is 19.7 Å². The molecule has 1 aliphatic rings. The van der Waals surface area contributed by atoms with Crippen molar-refractivity contribution in [1.29, 1.82) is 0 Å². The molecule has 2 N–H and O–H groups in total. The lowest BCUT2D eigenvalue weighted by Gasteiger charge is -2.34. The highest BCUT2D eigenvalue weighted by molar-refractivity contribution is 5.67. The monoisotopic (exact) mass is 342 g/mol. The molecule has 1 aromatic rings. The number of hydrogen-bond acceptors (Lipinski definition) is 4. The number of amides is 1. The molecular weight excluding hydrogens is 318 g/mol. The number of rotatable bonds is 5. The Hall–Kier alpha value is -1.73. The van der Waals surface area contributed by atoms with Crippen LogP contribution in [0.1, 0.15) is 38.4 Å². The molecule has 7 heteroatoms. The van der Waals surface area contributed by atoms with Crippen LogP contribution >= 0.6 is 0 Å². The summed E-state index contributed by atoms with van der Waals surface area (Å²) in [7, 11) is 0. The molecule has 0 spiro atoms. The first-order valence-electron chi connectivity index (χ1n) is 8.23. The number of aliphatic hydroxyl groups is 1. The van der Waals surface area contributed by atoms with Crippen LogP contribution in [0.25, 0.3) is 0 Å². The van der Waals surface area contributed by atoms with Crippen molar-refractivity contribution in [2.24, 2.45) is 0 Å². The molecule has 1 amide bonds. The maximum Gasteiger partial charge on any atom is 0.409 e. The number of aliphatic hydroxyl groups excluding tert-OH is 1. The van der Waals surface area contributed by atoms with E-state index in [0.29, 0.717) is 32.5 Å². The number of likely N-dealkylation sites (tertiary alicyclic amines) is 1.